The Bertz CT molecular complexity index is 215. The molecule has 0 amide bonds. The monoisotopic (exact) mass is 214 g/mol. The van der Waals surface area contributed by atoms with E-state index in [0.29, 0.717) is 19.3 Å². The summed E-state index contributed by atoms with van der Waals surface area (Å²) >= 11 is 0. The summed E-state index contributed by atoms with van der Waals surface area (Å²) in [5.74, 6) is 0. The molecule has 5 nitrogen and oxygen atoms in total. The maximum Gasteiger partial charge on any atom is 0.383 e. The molecule has 0 spiro atoms. The van der Waals surface area contributed by atoms with Crippen molar-refractivity contribution < 1.29 is 14.2 Å². The standard InChI is InChI=1S/C10H18N2O3/c1(3-12-4-8-13-9-5-12)6-14-10-11-2-7-15-10/h1-9H2. The molecule has 0 saturated carbocycles. The van der Waals surface area contributed by atoms with Gasteiger partial charge in [-0.1, -0.05) is 0 Å². The summed E-state index contributed by atoms with van der Waals surface area (Å²) in [6.45, 7) is 6.95. The number of morpholine rings is 1. The molecular weight excluding hydrogens is 196 g/mol. The van der Waals surface area contributed by atoms with Crippen molar-refractivity contribution in [1.82, 2.24) is 4.90 Å². The van der Waals surface area contributed by atoms with E-state index in [2.05, 4.69) is 9.89 Å². The van der Waals surface area contributed by atoms with Crippen LogP contribution >= 0.6 is 0 Å². The number of nitrogens with zero attached hydrogens (tertiary/aromatic N) is 2. The van der Waals surface area contributed by atoms with E-state index >= 15 is 0 Å². The Morgan fingerprint density at radius 2 is 2.13 bits per heavy atom. The topological polar surface area (TPSA) is 43.3 Å². The van der Waals surface area contributed by atoms with E-state index in [9.17, 15) is 0 Å². The maximum atomic E-state index is 5.36. The summed E-state index contributed by atoms with van der Waals surface area (Å²) in [4.78, 5) is 6.45. The van der Waals surface area contributed by atoms with Crippen molar-refractivity contribution in [1.29, 1.82) is 0 Å². The van der Waals surface area contributed by atoms with Gasteiger partial charge in [0, 0.05) is 19.6 Å². The van der Waals surface area contributed by atoms with E-state index in [4.69, 9.17) is 14.2 Å². The molecule has 0 bridgehead atoms. The molecule has 1 saturated heterocycles. The maximum absolute atomic E-state index is 5.36. The van der Waals surface area contributed by atoms with E-state index in [1.165, 1.54) is 0 Å². The number of rotatable bonds is 4. The first kappa shape index (κ1) is 10.7. The predicted molar refractivity (Wildman–Crippen MR) is 56.1 cm³/mol. The fourth-order valence-corrected chi connectivity index (χ4v) is 1.68. The van der Waals surface area contributed by atoms with Gasteiger partial charge in [-0.15, -0.1) is 0 Å². The van der Waals surface area contributed by atoms with Gasteiger partial charge in [-0.2, -0.15) is 0 Å². The second kappa shape index (κ2) is 5.92. The lowest BCUT2D eigenvalue weighted by atomic mass is 10.3. The van der Waals surface area contributed by atoms with Crippen molar-refractivity contribution in [2.45, 2.75) is 6.42 Å². The normalized spacial score (nSPS) is 22.3. The summed E-state index contributed by atoms with van der Waals surface area (Å²) in [5, 5.41) is 0. The third-order valence-corrected chi connectivity index (χ3v) is 2.51. The van der Waals surface area contributed by atoms with Crippen LogP contribution in [0.1, 0.15) is 6.42 Å². The zero-order valence-electron chi connectivity index (χ0n) is 8.98. The fourth-order valence-electron chi connectivity index (χ4n) is 1.68. The highest BCUT2D eigenvalue weighted by atomic mass is 16.7. The van der Waals surface area contributed by atoms with Crippen molar-refractivity contribution in [3.8, 4) is 0 Å². The highest BCUT2D eigenvalue weighted by molar-refractivity contribution is 5.68. The van der Waals surface area contributed by atoms with Crippen LogP contribution in [0.2, 0.25) is 0 Å². The van der Waals surface area contributed by atoms with Gasteiger partial charge in [0.2, 0.25) is 0 Å². The van der Waals surface area contributed by atoms with Crippen LogP contribution in [0, 0.1) is 0 Å². The summed E-state index contributed by atoms with van der Waals surface area (Å²) in [6.07, 6.45) is 1.49. The van der Waals surface area contributed by atoms with Gasteiger partial charge in [-0.05, 0) is 6.42 Å². The minimum atomic E-state index is 0.469. The Hall–Kier alpha value is -0.810. The zero-order valence-corrected chi connectivity index (χ0v) is 8.98. The van der Waals surface area contributed by atoms with Gasteiger partial charge in [0.05, 0.1) is 26.4 Å². The molecule has 86 valence electrons. The second-order valence-corrected chi connectivity index (χ2v) is 3.65. The molecule has 0 N–H and O–H groups in total. The lowest BCUT2D eigenvalue weighted by molar-refractivity contribution is 0.0349. The molecule has 0 aliphatic carbocycles. The van der Waals surface area contributed by atoms with Crippen molar-refractivity contribution >= 4 is 6.08 Å². The minimum absolute atomic E-state index is 0.469. The first-order valence-corrected chi connectivity index (χ1v) is 5.55. The SMILES string of the molecule is C(COC1=NCCO1)CN1CCOCC1. The highest BCUT2D eigenvalue weighted by Gasteiger charge is 2.11. The third kappa shape index (κ3) is 3.68. The first-order chi connectivity index (χ1) is 7.45. The van der Waals surface area contributed by atoms with Crippen LogP contribution in [-0.4, -0.2) is 63.6 Å². The third-order valence-electron chi connectivity index (χ3n) is 2.51. The minimum Gasteiger partial charge on any atom is -0.451 e. The van der Waals surface area contributed by atoms with E-state index in [-0.39, 0.29) is 0 Å². The highest BCUT2D eigenvalue weighted by Crippen LogP contribution is 2.00. The van der Waals surface area contributed by atoms with Crippen LogP contribution in [0.15, 0.2) is 4.99 Å². The molecule has 2 rings (SSSR count). The molecule has 0 atom stereocenters. The van der Waals surface area contributed by atoms with Gasteiger partial charge in [-0.25, -0.2) is 4.99 Å². The van der Waals surface area contributed by atoms with Crippen LogP contribution in [-0.2, 0) is 14.2 Å². The molecule has 1 fully saturated rings. The zero-order chi connectivity index (χ0) is 10.3. The fraction of sp³-hybridized carbons (Fsp3) is 0.900. The van der Waals surface area contributed by atoms with Gasteiger partial charge in [0.15, 0.2) is 0 Å². The lowest BCUT2D eigenvalue weighted by Gasteiger charge is -2.26. The Labute approximate surface area is 90.0 Å². The number of aliphatic imine (C=N–C) groups is 1. The molecule has 2 aliphatic heterocycles. The van der Waals surface area contributed by atoms with Crippen LogP contribution in [0.5, 0.6) is 0 Å². The quantitative estimate of drug-likeness (QED) is 0.623. The molecular formula is C10H18N2O3. The molecule has 2 heterocycles. The van der Waals surface area contributed by atoms with Crippen LogP contribution in [0.4, 0.5) is 0 Å². The summed E-state index contributed by atoms with van der Waals surface area (Å²) in [7, 11) is 0. The van der Waals surface area contributed by atoms with Gasteiger partial charge < -0.3 is 14.2 Å². The summed E-state index contributed by atoms with van der Waals surface area (Å²) < 4.78 is 15.8. The summed E-state index contributed by atoms with van der Waals surface area (Å²) in [6, 6.07) is 0. The van der Waals surface area contributed by atoms with Crippen LogP contribution < -0.4 is 0 Å². The number of hydrogen-bond donors (Lipinski definition) is 0. The first-order valence-electron chi connectivity index (χ1n) is 5.55. The van der Waals surface area contributed by atoms with E-state index in [1.807, 2.05) is 0 Å². The molecule has 0 radical (unpaired) electrons. The van der Waals surface area contributed by atoms with E-state index in [0.717, 1.165) is 45.8 Å². The van der Waals surface area contributed by atoms with E-state index < -0.39 is 0 Å². The smallest absolute Gasteiger partial charge is 0.383 e. The van der Waals surface area contributed by atoms with Gasteiger partial charge in [-0.3, -0.25) is 4.90 Å². The van der Waals surface area contributed by atoms with Crippen molar-refractivity contribution in [2.24, 2.45) is 4.99 Å². The largest absolute Gasteiger partial charge is 0.451 e. The molecule has 0 aromatic carbocycles. The Morgan fingerprint density at radius 1 is 1.27 bits per heavy atom. The molecule has 0 unspecified atom stereocenters. The van der Waals surface area contributed by atoms with Gasteiger partial charge in [0.1, 0.15) is 6.61 Å². The second-order valence-electron chi connectivity index (χ2n) is 3.65. The Balaban J connectivity index is 1.50. The lowest BCUT2D eigenvalue weighted by Crippen LogP contribution is -2.37. The molecule has 5 heteroatoms. The number of ether oxygens (including phenoxy) is 3. The molecule has 0 aromatic heterocycles. The Morgan fingerprint density at radius 3 is 2.87 bits per heavy atom. The van der Waals surface area contributed by atoms with Crippen LogP contribution in [0.25, 0.3) is 0 Å². The van der Waals surface area contributed by atoms with Crippen LogP contribution in [0.3, 0.4) is 0 Å². The van der Waals surface area contributed by atoms with Crippen molar-refractivity contribution in [3.63, 3.8) is 0 Å². The van der Waals surface area contributed by atoms with E-state index in [1.54, 1.807) is 0 Å². The van der Waals surface area contributed by atoms with Gasteiger partial charge in [0.25, 0.3) is 0 Å². The average Bonchev–Trinajstić information content (AvgIpc) is 2.79. The average molecular weight is 214 g/mol. The predicted octanol–water partition coefficient (Wildman–Crippen LogP) is 0.111. The Kier molecular flexibility index (Phi) is 4.23. The number of hydrogen-bond acceptors (Lipinski definition) is 5. The van der Waals surface area contributed by atoms with Gasteiger partial charge >= 0.3 is 6.08 Å². The van der Waals surface area contributed by atoms with Crippen molar-refractivity contribution in [2.75, 3.05) is 52.6 Å². The molecule has 2 aliphatic rings. The molecule has 0 aromatic rings. The van der Waals surface area contributed by atoms with Crippen molar-refractivity contribution in [3.05, 3.63) is 0 Å². The molecule has 15 heavy (non-hydrogen) atoms. The summed E-state index contributed by atoms with van der Waals surface area (Å²) in [5.41, 5.74) is 0.